The molecule has 1 N–H and O–H groups in total. The van der Waals surface area contributed by atoms with Crippen molar-refractivity contribution in [2.75, 3.05) is 52.9 Å². The number of piperazine rings is 1. The van der Waals surface area contributed by atoms with Crippen LogP contribution in [0.2, 0.25) is 0 Å². The topological polar surface area (TPSA) is 78.3 Å². The molecule has 0 bridgehead atoms. The fraction of sp³-hybridized carbons (Fsp3) is 0.500. The highest BCUT2D eigenvalue weighted by molar-refractivity contribution is 14.1. The molecule has 0 amide bonds. The number of ether oxygens (including phenoxy) is 1. The summed E-state index contributed by atoms with van der Waals surface area (Å²) in [6, 6.07) is 1.07. The highest BCUT2D eigenvalue weighted by Crippen LogP contribution is 2.22. The van der Waals surface area contributed by atoms with Crippen molar-refractivity contribution in [1.29, 1.82) is 0 Å². The lowest BCUT2D eigenvalue weighted by atomic mass is 10.1. The zero-order valence-corrected chi connectivity index (χ0v) is 17.9. The van der Waals surface area contributed by atoms with Crippen LogP contribution in [0.3, 0.4) is 0 Å². The highest BCUT2D eigenvalue weighted by Gasteiger charge is 2.21. The van der Waals surface area contributed by atoms with Crippen LogP contribution < -0.4 is 0 Å². The number of hydrogen-bond donors (Lipinski definition) is 1. The predicted octanol–water partition coefficient (Wildman–Crippen LogP) is 2.11. The molecule has 2 rings (SSSR count). The molecular formula is C18H23F2IN4O3. The second-order valence-corrected chi connectivity index (χ2v) is 7.42. The summed E-state index contributed by atoms with van der Waals surface area (Å²) in [7, 11) is 2.07. The number of aromatic nitrogens is 1. The largest absolute Gasteiger partial charge is 0.506 e. The van der Waals surface area contributed by atoms with Crippen molar-refractivity contribution < 1.29 is 23.4 Å². The van der Waals surface area contributed by atoms with Gasteiger partial charge in [-0.25, -0.2) is 4.79 Å². The molecule has 0 atom stereocenters. The molecule has 0 radical (unpaired) electrons. The fourth-order valence-electron chi connectivity index (χ4n) is 2.60. The van der Waals surface area contributed by atoms with Gasteiger partial charge < -0.3 is 14.7 Å². The van der Waals surface area contributed by atoms with E-state index < -0.39 is 23.6 Å². The van der Waals surface area contributed by atoms with E-state index in [0.29, 0.717) is 13.1 Å². The molecule has 1 saturated heterocycles. The van der Waals surface area contributed by atoms with Gasteiger partial charge in [0, 0.05) is 38.9 Å². The molecule has 1 aliphatic rings. The van der Waals surface area contributed by atoms with Crippen LogP contribution in [0.5, 0.6) is 0 Å². The molecule has 0 aromatic carbocycles. The Labute approximate surface area is 176 Å². The number of hydrogen-bond acceptors (Lipinski definition) is 7. The number of pyridine rings is 1. The Morgan fingerprint density at radius 1 is 1.36 bits per heavy atom. The van der Waals surface area contributed by atoms with Gasteiger partial charge in [-0.1, -0.05) is 0 Å². The number of likely N-dealkylation sites (N-methyl/N-ethyl adjacent to an activating group) is 1. The van der Waals surface area contributed by atoms with Crippen molar-refractivity contribution in [2.45, 2.75) is 6.92 Å². The summed E-state index contributed by atoms with van der Waals surface area (Å²) in [5.74, 6) is -3.75. The summed E-state index contributed by atoms with van der Waals surface area (Å²) in [6.45, 7) is 6.62. The minimum Gasteiger partial charge on any atom is -0.506 e. The Morgan fingerprint density at radius 3 is 2.68 bits per heavy atom. The van der Waals surface area contributed by atoms with Crippen molar-refractivity contribution in [1.82, 2.24) is 14.8 Å². The quantitative estimate of drug-likeness (QED) is 0.152. The van der Waals surface area contributed by atoms with Crippen molar-refractivity contribution in [2.24, 2.45) is 4.99 Å². The van der Waals surface area contributed by atoms with Gasteiger partial charge in [0.05, 0.1) is 22.3 Å². The zero-order valence-electron chi connectivity index (χ0n) is 15.8. The maximum atomic E-state index is 14.0. The molecule has 154 valence electrons. The molecule has 0 saturated carbocycles. The van der Waals surface area contributed by atoms with E-state index in [1.807, 2.05) is 0 Å². The molecule has 10 heteroatoms. The number of aliphatic hydroxyl groups is 1. The van der Waals surface area contributed by atoms with E-state index in [0.717, 1.165) is 32.2 Å². The average molecular weight is 508 g/mol. The Bertz CT molecular complexity index is 765. The summed E-state index contributed by atoms with van der Waals surface area (Å²) in [5, 5.41) is 10.4. The maximum Gasteiger partial charge on any atom is 0.343 e. The molecule has 2 heterocycles. The van der Waals surface area contributed by atoms with Crippen LogP contribution in [0, 0.1) is 15.5 Å². The first-order valence-electron chi connectivity index (χ1n) is 8.86. The molecule has 7 nitrogen and oxygen atoms in total. The number of carbonyl (C=O) groups is 1. The van der Waals surface area contributed by atoms with Gasteiger partial charge in [0.15, 0.2) is 0 Å². The second-order valence-electron chi connectivity index (χ2n) is 6.26. The lowest BCUT2D eigenvalue weighted by molar-refractivity contribution is -0.137. The number of carbonyl (C=O) groups excluding carboxylic acids is 1. The van der Waals surface area contributed by atoms with E-state index in [2.05, 4.69) is 26.8 Å². The summed E-state index contributed by atoms with van der Waals surface area (Å²) in [6.07, 6.45) is 1.17. The van der Waals surface area contributed by atoms with Crippen LogP contribution in [0.25, 0.3) is 5.76 Å². The summed E-state index contributed by atoms with van der Waals surface area (Å²) in [4.78, 5) is 24.0. The Balaban J connectivity index is 2.18. The van der Waals surface area contributed by atoms with Crippen molar-refractivity contribution >= 4 is 40.5 Å². The maximum absolute atomic E-state index is 14.0. The van der Waals surface area contributed by atoms with Gasteiger partial charge in [0.2, 0.25) is 11.9 Å². The minimum atomic E-state index is -1.22. The number of esters is 1. The van der Waals surface area contributed by atoms with Crippen LogP contribution >= 0.6 is 22.6 Å². The fourth-order valence-corrected chi connectivity index (χ4v) is 3.03. The third-order valence-corrected chi connectivity index (χ3v) is 5.01. The first-order chi connectivity index (χ1) is 13.3. The van der Waals surface area contributed by atoms with Crippen molar-refractivity contribution in [3.05, 3.63) is 32.7 Å². The minimum absolute atomic E-state index is 0.00997. The van der Waals surface area contributed by atoms with Crippen LogP contribution in [0.1, 0.15) is 12.5 Å². The van der Waals surface area contributed by atoms with Crippen LogP contribution in [0.15, 0.2) is 16.6 Å². The number of rotatable bonds is 7. The lowest BCUT2D eigenvalue weighted by Crippen LogP contribution is -2.45. The van der Waals surface area contributed by atoms with Gasteiger partial charge in [-0.05, 0) is 42.6 Å². The second kappa shape index (κ2) is 10.8. The highest BCUT2D eigenvalue weighted by atomic mass is 127. The van der Waals surface area contributed by atoms with Crippen LogP contribution in [-0.4, -0.2) is 85.0 Å². The third kappa shape index (κ3) is 6.17. The molecule has 0 unspecified atom stereocenters. The number of aliphatic imine (C=N–C) groups is 1. The molecule has 1 aromatic rings. The van der Waals surface area contributed by atoms with Gasteiger partial charge in [0.1, 0.15) is 11.3 Å². The van der Waals surface area contributed by atoms with Crippen LogP contribution in [-0.2, 0) is 9.53 Å². The Kier molecular flexibility index (Phi) is 8.70. The standard InChI is InChI=1S/C18H23F2IN4O3/c1-3-28-18(27)13(11-22-4-5-25-8-6-24(2)7-9-25)15(26)12-10-14(21)17(20)23-16(12)19/h10-11,26H,3-9H2,1-2H3. The number of halogens is 3. The first-order valence-corrected chi connectivity index (χ1v) is 9.94. The van der Waals surface area contributed by atoms with Crippen molar-refractivity contribution in [3.63, 3.8) is 0 Å². The van der Waals surface area contributed by atoms with E-state index >= 15 is 0 Å². The monoisotopic (exact) mass is 508 g/mol. The van der Waals surface area contributed by atoms with Gasteiger partial charge >= 0.3 is 5.97 Å². The Morgan fingerprint density at radius 2 is 2.04 bits per heavy atom. The van der Waals surface area contributed by atoms with Crippen molar-refractivity contribution in [3.8, 4) is 0 Å². The number of aliphatic hydroxyl groups excluding tert-OH is 1. The average Bonchev–Trinajstić information content (AvgIpc) is 2.66. The summed E-state index contributed by atoms with van der Waals surface area (Å²) in [5.41, 5.74) is -0.692. The van der Waals surface area contributed by atoms with E-state index in [1.54, 1.807) is 29.5 Å². The predicted molar refractivity (Wildman–Crippen MR) is 110 cm³/mol. The lowest BCUT2D eigenvalue weighted by Gasteiger charge is -2.31. The van der Waals surface area contributed by atoms with E-state index in [4.69, 9.17) is 4.74 Å². The molecule has 28 heavy (non-hydrogen) atoms. The van der Waals surface area contributed by atoms with Crippen LogP contribution in [0.4, 0.5) is 8.78 Å². The smallest absolute Gasteiger partial charge is 0.343 e. The van der Waals surface area contributed by atoms with E-state index in [1.165, 1.54) is 6.21 Å². The first kappa shape index (κ1) is 22.6. The molecule has 0 spiro atoms. The molecule has 1 fully saturated rings. The van der Waals surface area contributed by atoms with Gasteiger partial charge in [0.25, 0.3) is 0 Å². The summed E-state index contributed by atoms with van der Waals surface area (Å²) >= 11 is 1.62. The normalized spacial score (nSPS) is 17.0. The molecule has 0 aliphatic carbocycles. The third-order valence-electron chi connectivity index (χ3n) is 4.25. The molecule has 1 aromatic heterocycles. The van der Waals surface area contributed by atoms with E-state index in [9.17, 15) is 18.7 Å². The van der Waals surface area contributed by atoms with Gasteiger partial charge in [-0.3, -0.25) is 9.89 Å². The Hall–Kier alpha value is -1.66. The molecular weight excluding hydrogens is 485 g/mol. The number of nitrogens with zero attached hydrogens (tertiary/aromatic N) is 4. The molecule has 1 aliphatic heterocycles. The SMILES string of the molecule is CCOC(=O)C(C=NCCN1CCN(C)CC1)=C(O)c1cc(I)c(F)nc1F. The van der Waals surface area contributed by atoms with Gasteiger partial charge in [-0.2, -0.15) is 13.8 Å². The van der Waals surface area contributed by atoms with Gasteiger partial charge in [-0.15, -0.1) is 0 Å². The van der Waals surface area contributed by atoms with E-state index in [-0.39, 0.29) is 21.3 Å². The summed E-state index contributed by atoms with van der Waals surface area (Å²) < 4.78 is 32.3. The zero-order chi connectivity index (χ0) is 20.7.